The second-order valence-corrected chi connectivity index (χ2v) is 8.29. The SMILES string of the molecule is Cc1oc2c(c1C(=O)NCCc1nc3sc(C)c(C)c3c(=O)[nH]1)C(=O)CCC2. The Morgan fingerprint density at radius 2 is 2.04 bits per heavy atom. The number of aromatic nitrogens is 2. The smallest absolute Gasteiger partial charge is 0.259 e. The van der Waals surface area contributed by atoms with Gasteiger partial charge in [-0.3, -0.25) is 14.4 Å². The first-order valence-electron chi connectivity index (χ1n) is 9.29. The van der Waals surface area contributed by atoms with Gasteiger partial charge in [0.1, 0.15) is 22.2 Å². The van der Waals surface area contributed by atoms with Crippen LogP contribution < -0.4 is 10.9 Å². The molecule has 146 valence electrons. The Bertz CT molecular complexity index is 1170. The zero-order valence-electron chi connectivity index (χ0n) is 16.0. The van der Waals surface area contributed by atoms with E-state index in [2.05, 4.69) is 15.3 Å². The van der Waals surface area contributed by atoms with Crippen LogP contribution in [0.15, 0.2) is 9.21 Å². The number of furan rings is 1. The standard InChI is InChI=1S/C20H21N3O4S/c1-9-11(3)28-20-15(9)19(26)22-14(23-20)7-8-21-18(25)16-10(2)27-13-6-4-5-12(24)17(13)16/h4-8H2,1-3H3,(H,21,25)(H,22,23,26). The van der Waals surface area contributed by atoms with Gasteiger partial charge >= 0.3 is 0 Å². The second-order valence-electron chi connectivity index (χ2n) is 7.09. The third kappa shape index (κ3) is 3.07. The lowest BCUT2D eigenvalue weighted by Gasteiger charge is -2.10. The summed E-state index contributed by atoms with van der Waals surface area (Å²) in [5.74, 6) is 1.24. The van der Waals surface area contributed by atoms with E-state index in [1.54, 1.807) is 6.92 Å². The molecule has 3 heterocycles. The Hall–Kier alpha value is -2.74. The van der Waals surface area contributed by atoms with Gasteiger partial charge in [0.15, 0.2) is 5.78 Å². The summed E-state index contributed by atoms with van der Waals surface area (Å²) < 4.78 is 5.63. The van der Waals surface area contributed by atoms with Gasteiger partial charge in [-0.15, -0.1) is 11.3 Å². The largest absolute Gasteiger partial charge is 0.465 e. The third-order valence-electron chi connectivity index (χ3n) is 5.21. The van der Waals surface area contributed by atoms with Crippen molar-refractivity contribution in [1.82, 2.24) is 15.3 Å². The number of hydrogen-bond acceptors (Lipinski definition) is 6. The van der Waals surface area contributed by atoms with Crippen molar-refractivity contribution in [3.8, 4) is 0 Å². The minimum atomic E-state index is -0.330. The summed E-state index contributed by atoms with van der Waals surface area (Å²) in [6.07, 6.45) is 2.26. The number of Topliss-reactive ketones (excluding diaryl/α,β-unsaturated/α-hetero) is 1. The van der Waals surface area contributed by atoms with Crippen LogP contribution in [-0.2, 0) is 12.8 Å². The fourth-order valence-corrected chi connectivity index (χ4v) is 4.73. The second kappa shape index (κ2) is 7.01. The zero-order chi connectivity index (χ0) is 20.0. The Morgan fingerprint density at radius 3 is 2.82 bits per heavy atom. The number of carbonyl (C=O) groups excluding carboxylic acids is 2. The molecule has 0 unspecified atom stereocenters. The van der Waals surface area contributed by atoms with Crippen molar-refractivity contribution in [3.63, 3.8) is 0 Å². The highest BCUT2D eigenvalue weighted by Crippen LogP contribution is 2.29. The molecular formula is C20H21N3O4S. The molecule has 3 aromatic heterocycles. The van der Waals surface area contributed by atoms with E-state index in [-0.39, 0.29) is 17.2 Å². The fourth-order valence-electron chi connectivity index (χ4n) is 3.68. The van der Waals surface area contributed by atoms with E-state index in [1.165, 1.54) is 11.3 Å². The molecule has 0 fully saturated rings. The van der Waals surface area contributed by atoms with Crippen LogP contribution >= 0.6 is 11.3 Å². The maximum absolute atomic E-state index is 12.6. The fraction of sp³-hybridized carbons (Fsp3) is 0.400. The van der Waals surface area contributed by atoms with Crippen molar-refractivity contribution in [2.75, 3.05) is 6.54 Å². The highest BCUT2D eigenvalue weighted by molar-refractivity contribution is 7.18. The Labute approximate surface area is 165 Å². The van der Waals surface area contributed by atoms with Gasteiger partial charge in [-0.25, -0.2) is 4.98 Å². The van der Waals surface area contributed by atoms with Crippen molar-refractivity contribution in [2.45, 2.75) is 46.5 Å². The molecule has 3 aromatic rings. The number of nitrogens with one attached hydrogen (secondary N) is 2. The number of thiophene rings is 1. The molecule has 7 nitrogen and oxygen atoms in total. The minimum absolute atomic E-state index is 0.0388. The highest BCUT2D eigenvalue weighted by Gasteiger charge is 2.30. The molecule has 0 aliphatic heterocycles. The molecule has 0 spiro atoms. The van der Waals surface area contributed by atoms with Crippen LogP contribution in [0.25, 0.3) is 10.2 Å². The number of aryl methyl sites for hydroxylation is 4. The molecule has 1 aliphatic rings. The lowest BCUT2D eigenvalue weighted by Crippen LogP contribution is -2.28. The normalized spacial score (nSPS) is 13.8. The van der Waals surface area contributed by atoms with Crippen LogP contribution in [0.2, 0.25) is 0 Å². The van der Waals surface area contributed by atoms with Crippen molar-refractivity contribution >= 4 is 33.2 Å². The molecule has 0 aromatic carbocycles. The predicted octanol–water partition coefficient (Wildman–Crippen LogP) is 2.99. The van der Waals surface area contributed by atoms with E-state index < -0.39 is 0 Å². The van der Waals surface area contributed by atoms with Crippen LogP contribution in [-0.4, -0.2) is 28.2 Å². The lowest BCUT2D eigenvalue weighted by molar-refractivity contribution is 0.0927. The molecule has 0 bridgehead atoms. The van der Waals surface area contributed by atoms with Crippen molar-refractivity contribution in [3.05, 3.63) is 49.3 Å². The van der Waals surface area contributed by atoms with Gasteiger partial charge in [0.05, 0.1) is 16.5 Å². The Kier molecular flexibility index (Phi) is 4.66. The average molecular weight is 399 g/mol. The summed E-state index contributed by atoms with van der Waals surface area (Å²) in [6.45, 7) is 5.88. The van der Waals surface area contributed by atoms with Gasteiger partial charge in [0, 0.05) is 30.7 Å². The summed E-state index contributed by atoms with van der Waals surface area (Å²) in [4.78, 5) is 46.3. The summed E-state index contributed by atoms with van der Waals surface area (Å²) in [6, 6.07) is 0. The van der Waals surface area contributed by atoms with Crippen LogP contribution in [0.1, 0.15) is 61.3 Å². The van der Waals surface area contributed by atoms with Crippen LogP contribution in [0.5, 0.6) is 0 Å². The number of hydrogen-bond donors (Lipinski definition) is 2. The Morgan fingerprint density at radius 1 is 1.25 bits per heavy atom. The van der Waals surface area contributed by atoms with Crippen LogP contribution in [0, 0.1) is 20.8 Å². The quantitative estimate of drug-likeness (QED) is 0.702. The average Bonchev–Trinajstić information content (AvgIpc) is 3.12. The first-order valence-corrected chi connectivity index (χ1v) is 10.1. The molecule has 8 heteroatoms. The molecule has 1 amide bonds. The maximum atomic E-state index is 12.6. The summed E-state index contributed by atoms with van der Waals surface area (Å²) >= 11 is 1.49. The summed E-state index contributed by atoms with van der Waals surface area (Å²) in [5.41, 5.74) is 1.57. The van der Waals surface area contributed by atoms with Gasteiger partial charge in [0.25, 0.3) is 11.5 Å². The number of ketones is 1. The number of nitrogens with zero attached hydrogens (tertiary/aromatic N) is 1. The molecule has 0 saturated carbocycles. The van der Waals surface area contributed by atoms with Crippen molar-refractivity contribution in [2.24, 2.45) is 0 Å². The van der Waals surface area contributed by atoms with E-state index in [9.17, 15) is 14.4 Å². The number of amides is 1. The molecule has 2 N–H and O–H groups in total. The summed E-state index contributed by atoms with van der Waals surface area (Å²) in [5, 5.41) is 3.45. The molecule has 4 rings (SSSR count). The van der Waals surface area contributed by atoms with Crippen LogP contribution in [0.3, 0.4) is 0 Å². The summed E-state index contributed by atoms with van der Waals surface area (Å²) in [7, 11) is 0. The number of rotatable bonds is 4. The number of aromatic amines is 1. The van der Waals surface area contributed by atoms with Gasteiger partial charge in [-0.05, 0) is 32.8 Å². The molecular weight excluding hydrogens is 378 g/mol. The predicted molar refractivity (Wildman–Crippen MR) is 106 cm³/mol. The Balaban J connectivity index is 1.50. The first-order chi connectivity index (χ1) is 13.4. The molecule has 0 radical (unpaired) electrons. The van der Waals surface area contributed by atoms with E-state index in [1.807, 2.05) is 13.8 Å². The third-order valence-corrected chi connectivity index (χ3v) is 6.31. The van der Waals surface area contributed by atoms with E-state index >= 15 is 0 Å². The topological polar surface area (TPSA) is 105 Å². The lowest BCUT2D eigenvalue weighted by atomic mass is 9.93. The monoisotopic (exact) mass is 399 g/mol. The van der Waals surface area contributed by atoms with E-state index in [4.69, 9.17) is 4.42 Å². The maximum Gasteiger partial charge on any atom is 0.259 e. The number of fused-ring (bicyclic) bond motifs is 2. The molecule has 0 saturated heterocycles. The van der Waals surface area contributed by atoms with Crippen LogP contribution in [0.4, 0.5) is 0 Å². The number of carbonyl (C=O) groups is 2. The first kappa shape index (κ1) is 18.6. The van der Waals surface area contributed by atoms with E-state index in [0.717, 1.165) is 16.9 Å². The van der Waals surface area contributed by atoms with Crippen molar-refractivity contribution < 1.29 is 14.0 Å². The minimum Gasteiger partial charge on any atom is -0.465 e. The highest BCUT2D eigenvalue weighted by atomic mass is 32.1. The molecule has 1 aliphatic carbocycles. The zero-order valence-corrected chi connectivity index (χ0v) is 16.8. The van der Waals surface area contributed by atoms with E-state index in [0.29, 0.717) is 64.5 Å². The molecule has 0 atom stereocenters. The number of H-pyrrole nitrogens is 1. The van der Waals surface area contributed by atoms with Gasteiger partial charge in [-0.2, -0.15) is 0 Å². The van der Waals surface area contributed by atoms with Gasteiger partial charge in [0.2, 0.25) is 0 Å². The molecule has 28 heavy (non-hydrogen) atoms. The van der Waals surface area contributed by atoms with Gasteiger partial charge < -0.3 is 14.7 Å². The van der Waals surface area contributed by atoms with Gasteiger partial charge in [-0.1, -0.05) is 0 Å². The van der Waals surface area contributed by atoms with Crippen molar-refractivity contribution in [1.29, 1.82) is 0 Å².